The van der Waals surface area contributed by atoms with Gasteiger partial charge in [0.1, 0.15) is 48.4 Å². The molecule has 0 N–H and O–H groups in total. The van der Waals surface area contributed by atoms with Crippen molar-refractivity contribution in [1.82, 2.24) is 0 Å². The van der Waals surface area contributed by atoms with E-state index in [0.717, 1.165) is 35.5 Å². The van der Waals surface area contributed by atoms with Crippen LogP contribution >= 0.6 is 0 Å². The Labute approximate surface area is 278 Å². The van der Waals surface area contributed by atoms with Gasteiger partial charge < -0.3 is 37.9 Å². The number of esters is 2. The Kier molecular flexibility index (Phi) is 9.67. The summed E-state index contributed by atoms with van der Waals surface area (Å²) >= 11 is 0. The molecule has 48 heavy (non-hydrogen) atoms. The molecular weight excluding hydrogens is 616 g/mol. The summed E-state index contributed by atoms with van der Waals surface area (Å²) in [7, 11) is 0. The average Bonchev–Trinajstić information content (AvgIpc) is 4.05. The molecule has 7 rings (SSSR count). The summed E-state index contributed by atoms with van der Waals surface area (Å²) < 4.78 is 44.0. The lowest BCUT2D eigenvalue weighted by molar-refractivity contribution is 0.0725. The molecule has 4 aromatic rings. The van der Waals surface area contributed by atoms with Crippen LogP contribution in [0.3, 0.4) is 0 Å². The normalized spacial score (nSPS) is 18.4. The standard InChI is InChI=1S/C38H36O10/c1-24-35-18-29(47-37(39)25-2-6-27(7-3-25)43-16-14-41-20-31-22-45-31)10-12-33(35)34-13-11-30(19-36(24)34)48-38(40)26-4-8-28(9-5-26)44-17-15-42-21-32-23-46-32/h2-13,18-19,24,31-32H,14-17,20-23H2,1H3. The van der Waals surface area contributed by atoms with E-state index in [1.54, 1.807) is 60.7 Å². The number of benzene rings is 4. The number of fused-ring (bicyclic) bond motifs is 3. The molecule has 10 heteroatoms. The van der Waals surface area contributed by atoms with E-state index in [0.29, 0.717) is 73.8 Å². The first-order valence-corrected chi connectivity index (χ1v) is 16.1. The van der Waals surface area contributed by atoms with Crippen molar-refractivity contribution in [1.29, 1.82) is 0 Å². The molecule has 0 spiro atoms. The van der Waals surface area contributed by atoms with Gasteiger partial charge in [-0.3, -0.25) is 0 Å². The van der Waals surface area contributed by atoms with Crippen molar-refractivity contribution in [3.8, 4) is 34.1 Å². The fraction of sp³-hybridized carbons (Fsp3) is 0.316. The maximum atomic E-state index is 12.9. The van der Waals surface area contributed by atoms with Crippen LogP contribution in [0.15, 0.2) is 84.9 Å². The largest absolute Gasteiger partial charge is 0.491 e. The first kappa shape index (κ1) is 31.8. The van der Waals surface area contributed by atoms with Crippen LogP contribution in [0.25, 0.3) is 11.1 Å². The minimum atomic E-state index is -0.459. The van der Waals surface area contributed by atoms with E-state index in [4.69, 9.17) is 37.9 Å². The second-order valence-electron chi connectivity index (χ2n) is 11.8. The van der Waals surface area contributed by atoms with E-state index in [2.05, 4.69) is 6.92 Å². The number of hydrogen-bond donors (Lipinski definition) is 0. The maximum absolute atomic E-state index is 12.9. The third-order valence-electron chi connectivity index (χ3n) is 8.28. The van der Waals surface area contributed by atoms with Gasteiger partial charge in [-0.15, -0.1) is 0 Å². The van der Waals surface area contributed by atoms with Crippen LogP contribution in [0.4, 0.5) is 0 Å². The fourth-order valence-corrected chi connectivity index (χ4v) is 5.48. The van der Waals surface area contributed by atoms with Gasteiger partial charge in [0.05, 0.1) is 50.8 Å². The Hall–Kier alpha value is -4.74. The minimum Gasteiger partial charge on any atom is -0.491 e. The Balaban J connectivity index is 0.911. The number of rotatable bonds is 16. The molecule has 0 radical (unpaired) electrons. The smallest absolute Gasteiger partial charge is 0.343 e. The summed E-state index contributed by atoms with van der Waals surface area (Å²) in [5.74, 6) is 1.28. The molecule has 4 aromatic carbocycles. The highest BCUT2D eigenvalue weighted by Gasteiger charge is 2.27. The third-order valence-corrected chi connectivity index (χ3v) is 8.28. The minimum absolute atomic E-state index is 0.00160. The quantitative estimate of drug-likeness (QED) is 0.0633. The maximum Gasteiger partial charge on any atom is 0.343 e. The first-order valence-electron chi connectivity index (χ1n) is 16.1. The van der Waals surface area contributed by atoms with E-state index in [9.17, 15) is 9.59 Å². The first-order chi connectivity index (χ1) is 23.5. The highest BCUT2D eigenvalue weighted by atomic mass is 16.6. The fourth-order valence-electron chi connectivity index (χ4n) is 5.48. The van der Waals surface area contributed by atoms with Crippen LogP contribution in [-0.4, -0.2) is 77.0 Å². The van der Waals surface area contributed by atoms with Gasteiger partial charge in [-0.25, -0.2) is 9.59 Å². The highest BCUT2D eigenvalue weighted by Crippen LogP contribution is 2.47. The molecule has 3 aliphatic rings. The van der Waals surface area contributed by atoms with E-state index in [-0.39, 0.29) is 18.1 Å². The van der Waals surface area contributed by atoms with Gasteiger partial charge >= 0.3 is 11.9 Å². The molecule has 2 aliphatic heterocycles. The van der Waals surface area contributed by atoms with Crippen molar-refractivity contribution in [2.45, 2.75) is 25.0 Å². The number of epoxide rings is 2. The van der Waals surface area contributed by atoms with Crippen molar-refractivity contribution in [3.63, 3.8) is 0 Å². The Morgan fingerprint density at radius 2 is 0.979 bits per heavy atom. The molecule has 0 amide bonds. The lowest BCUT2D eigenvalue weighted by Gasteiger charge is -2.11. The Morgan fingerprint density at radius 3 is 1.38 bits per heavy atom. The van der Waals surface area contributed by atoms with Gasteiger partial charge in [0.2, 0.25) is 0 Å². The number of carbonyl (C=O) groups is 2. The zero-order valence-corrected chi connectivity index (χ0v) is 26.6. The molecule has 2 unspecified atom stereocenters. The molecule has 2 atom stereocenters. The third kappa shape index (κ3) is 8.03. The van der Waals surface area contributed by atoms with Crippen LogP contribution < -0.4 is 18.9 Å². The molecule has 10 nitrogen and oxygen atoms in total. The number of hydrogen-bond acceptors (Lipinski definition) is 10. The van der Waals surface area contributed by atoms with Crippen molar-refractivity contribution >= 4 is 11.9 Å². The topological polar surface area (TPSA) is 115 Å². The van der Waals surface area contributed by atoms with E-state index >= 15 is 0 Å². The van der Waals surface area contributed by atoms with Gasteiger partial charge in [-0.1, -0.05) is 19.1 Å². The molecule has 2 fully saturated rings. The predicted molar refractivity (Wildman–Crippen MR) is 174 cm³/mol. The molecule has 1 aliphatic carbocycles. The number of carbonyl (C=O) groups excluding carboxylic acids is 2. The lowest BCUT2D eigenvalue weighted by Crippen LogP contribution is -2.11. The van der Waals surface area contributed by atoms with Crippen LogP contribution in [0.5, 0.6) is 23.0 Å². The monoisotopic (exact) mass is 652 g/mol. The van der Waals surface area contributed by atoms with Crippen molar-refractivity contribution < 1.29 is 47.5 Å². The SMILES string of the molecule is CC1c2cc(OC(=O)c3ccc(OCCOCC4CO4)cc3)ccc2-c2ccc(OC(=O)c3ccc(OCCOCC4CO4)cc3)cc21. The van der Waals surface area contributed by atoms with Crippen molar-refractivity contribution in [2.75, 3.05) is 52.9 Å². The molecule has 248 valence electrons. The van der Waals surface area contributed by atoms with E-state index in [1.807, 2.05) is 24.3 Å². The summed E-state index contributed by atoms with van der Waals surface area (Å²) in [6, 6.07) is 24.9. The van der Waals surface area contributed by atoms with Crippen molar-refractivity contribution in [2.24, 2.45) is 0 Å². The van der Waals surface area contributed by atoms with Crippen LogP contribution in [0, 0.1) is 0 Å². The van der Waals surface area contributed by atoms with Gasteiger partial charge in [0, 0.05) is 5.92 Å². The van der Waals surface area contributed by atoms with E-state index < -0.39 is 11.9 Å². The Morgan fingerprint density at radius 1 is 0.583 bits per heavy atom. The van der Waals surface area contributed by atoms with Crippen LogP contribution in [0.1, 0.15) is 44.7 Å². The highest BCUT2D eigenvalue weighted by molar-refractivity contribution is 5.92. The van der Waals surface area contributed by atoms with Gasteiger partial charge in [0.25, 0.3) is 0 Å². The predicted octanol–water partition coefficient (Wildman–Crippen LogP) is 5.85. The average molecular weight is 653 g/mol. The second-order valence-corrected chi connectivity index (χ2v) is 11.8. The molecule has 2 heterocycles. The van der Waals surface area contributed by atoms with Crippen molar-refractivity contribution in [3.05, 3.63) is 107 Å². The van der Waals surface area contributed by atoms with Crippen LogP contribution in [-0.2, 0) is 18.9 Å². The van der Waals surface area contributed by atoms with Gasteiger partial charge in [-0.05, 0) is 95.1 Å². The van der Waals surface area contributed by atoms with Gasteiger partial charge in [-0.2, -0.15) is 0 Å². The summed E-state index contributed by atoms with van der Waals surface area (Å²) in [6.07, 6.45) is 0.454. The summed E-state index contributed by atoms with van der Waals surface area (Å²) in [5.41, 5.74) is 4.98. The summed E-state index contributed by atoms with van der Waals surface area (Å²) in [5, 5.41) is 0. The molecule has 0 saturated carbocycles. The second kappa shape index (κ2) is 14.6. The van der Waals surface area contributed by atoms with E-state index in [1.165, 1.54) is 0 Å². The summed E-state index contributed by atoms with van der Waals surface area (Å²) in [4.78, 5) is 25.8. The van der Waals surface area contributed by atoms with Crippen LogP contribution in [0.2, 0.25) is 0 Å². The molecule has 0 aromatic heterocycles. The molecule has 2 saturated heterocycles. The Bertz CT molecular complexity index is 1610. The summed E-state index contributed by atoms with van der Waals surface area (Å²) in [6.45, 7) is 6.53. The molecular formula is C38H36O10. The number of ether oxygens (including phenoxy) is 8. The lowest BCUT2D eigenvalue weighted by atomic mass is 9.99. The van der Waals surface area contributed by atoms with Gasteiger partial charge in [0.15, 0.2) is 0 Å². The molecule has 0 bridgehead atoms. The zero-order chi connectivity index (χ0) is 32.9. The zero-order valence-electron chi connectivity index (χ0n) is 26.6.